The van der Waals surface area contributed by atoms with Crippen LogP contribution in [0.2, 0.25) is 5.02 Å². The molecular weight excluding hydrogens is 456 g/mol. The van der Waals surface area contributed by atoms with Crippen molar-refractivity contribution in [1.29, 1.82) is 0 Å². The van der Waals surface area contributed by atoms with E-state index in [0.717, 1.165) is 28.2 Å². The molecule has 0 aliphatic rings. The summed E-state index contributed by atoms with van der Waals surface area (Å²) in [7, 11) is 0. The van der Waals surface area contributed by atoms with Crippen LogP contribution in [-0.4, -0.2) is 30.9 Å². The average molecular weight is 479 g/mol. The van der Waals surface area contributed by atoms with Gasteiger partial charge in [-0.25, -0.2) is 14.6 Å². The number of aromatic nitrogens is 5. The Bertz CT molecular complexity index is 1300. The summed E-state index contributed by atoms with van der Waals surface area (Å²) in [5, 5.41) is 12.6. The second-order valence-corrected chi connectivity index (χ2v) is 9.12. The van der Waals surface area contributed by atoms with Gasteiger partial charge in [-0.05, 0) is 63.6 Å². The van der Waals surface area contributed by atoms with Crippen LogP contribution in [0.5, 0.6) is 0 Å². The van der Waals surface area contributed by atoms with E-state index in [0.29, 0.717) is 27.3 Å². The van der Waals surface area contributed by atoms with Gasteiger partial charge in [-0.1, -0.05) is 52.3 Å². The summed E-state index contributed by atoms with van der Waals surface area (Å²) in [6.07, 6.45) is 0. The summed E-state index contributed by atoms with van der Waals surface area (Å²) in [5.41, 5.74) is 6.16. The number of thioether (sulfide) groups is 1. The molecule has 2 aromatic carbocycles. The Morgan fingerprint density at radius 3 is 2.36 bits per heavy atom. The van der Waals surface area contributed by atoms with Crippen molar-refractivity contribution >= 4 is 35.0 Å². The zero-order valence-electron chi connectivity index (χ0n) is 18.8. The van der Waals surface area contributed by atoms with Crippen molar-refractivity contribution in [3.05, 3.63) is 87.5 Å². The van der Waals surface area contributed by atoms with Crippen LogP contribution in [-0.2, 0) is 5.75 Å². The SMILES string of the molecule is Cc1ccc(-n2nnc(C(=O)Nc3ccc(C)c(Cl)c3)c2CSc2nc(C)cc(C)n2)cc1. The third-order valence-corrected chi connectivity index (χ3v) is 6.25. The first-order chi connectivity index (χ1) is 15.8. The van der Waals surface area contributed by atoms with Crippen LogP contribution in [0, 0.1) is 27.7 Å². The van der Waals surface area contributed by atoms with Crippen molar-refractivity contribution in [2.45, 2.75) is 38.6 Å². The molecule has 0 aliphatic heterocycles. The molecule has 168 valence electrons. The minimum absolute atomic E-state index is 0.240. The Morgan fingerprint density at radius 2 is 1.70 bits per heavy atom. The molecule has 4 aromatic rings. The summed E-state index contributed by atoms with van der Waals surface area (Å²) >= 11 is 7.65. The second kappa shape index (κ2) is 9.72. The van der Waals surface area contributed by atoms with Crippen molar-refractivity contribution < 1.29 is 4.79 Å². The molecule has 0 aliphatic carbocycles. The second-order valence-electron chi connectivity index (χ2n) is 7.77. The lowest BCUT2D eigenvalue weighted by Gasteiger charge is -2.10. The molecule has 1 N–H and O–H groups in total. The number of anilines is 1. The number of amides is 1. The molecule has 0 bridgehead atoms. The van der Waals surface area contributed by atoms with Crippen LogP contribution in [0.25, 0.3) is 5.69 Å². The summed E-state index contributed by atoms with van der Waals surface area (Å²) in [6.45, 7) is 7.79. The Morgan fingerprint density at radius 1 is 1.00 bits per heavy atom. The van der Waals surface area contributed by atoms with E-state index in [-0.39, 0.29) is 11.6 Å². The Labute approximate surface area is 201 Å². The third-order valence-electron chi connectivity index (χ3n) is 4.99. The number of halogens is 1. The number of nitrogens with zero attached hydrogens (tertiary/aromatic N) is 5. The van der Waals surface area contributed by atoms with Gasteiger partial charge in [0.2, 0.25) is 0 Å². The molecule has 9 heteroatoms. The van der Waals surface area contributed by atoms with Crippen molar-refractivity contribution in [2.75, 3.05) is 5.32 Å². The Balaban J connectivity index is 1.67. The predicted octanol–water partition coefficient (Wildman–Crippen LogP) is 5.49. The maximum absolute atomic E-state index is 13.1. The molecular formula is C24H23ClN6OS. The Hall–Kier alpha value is -3.23. The van der Waals surface area contributed by atoms with E-state index in [1.807, 2.05) is 64.1 Å². The molecule has 0 saturated carbocycles. The first-order valence-corrected chi connectivity index (χ1v) is 11.7. The van der Waals surface area contributed by atoms with Gasteiger partial charge < -0.3 is 5.32 Å². The Kier molecular flexibility index (Phi) is 6.76. The fraction of sp³-hybridized carbons (Fsp3) is 0.208. The monoisotopic (exact) mass is 478 g/mol. The number of nitrogens with one attached hydrogen (secondary N) is 1. The maximum Gasteiger partial charge on any atom is 0.278 e. The minimum Gasteiger partial charge on any atom is -0.320 e. The molecule has 2 heterocycles. The van der Waals surface area contributed by atoms with Gasteiger partial charge in [-0.15, -0.1) is 5.10 Å². The lowest BCUT2D eigenvalue weighted by atomic mass is 10.2. The van der Waals surface area contributed by atoms with Gasteiger partial charge >= 0.3 is 0 Å². The molecule has 2 aromatic heterocycles. The highest BCUT2D eigenvalue weighted by molar-refractivity contribution is 7.98. The molecule has 0 fully saturated rings. The zero-order valence-corrected chi connectivity index (χ0v) is 20.3. The molecule has 0 spiro atoms. The van der Waals surface area contributed by atoms with Crippen LogP contribution in [0.3, 0.4) is 0 Å². The van der Waals surface area contributed by atoms with Crippen LogP contribution in [0.4, 0.5) is 5.69 Å². The standard InChI is InChI=1S/C24H23ClN6OS/c1-14-5-9-19(10-6-14)31-21(13-33-24-26-16(3)11-17(4)27-24)22(29-30-31)23(32)28-18-8-7-15(2)20(25)12-18/h5-12H,13H2,1-4H3,(H,28,32). The van der Waals surface area contributed by atoms with Crippen LogP contribution in [0.1, 0.15) is 38.7 Å². The van der Waals surface area contributed by atoms with Gasteiger partial charge in [0.25, 0.3) is 5.91 Å². The third kappa shape index (κ3) is 5.40. The van der Waals surface area contributed by atoms with Gasteiger partial charge in [0, 0.05) is 27.9 Å². The fourth-order valence-electron chi connectivity index (χ4n) is 3.25. The van der Waals surface area contributed by atoms with E-state index in [1.54, 1.807) is 16.8 Å². The van der Waals surface area contributed by atoms with Crippen LogP contribution >= 0.6 is 23.4 Å². The summed E-state index contributed by atoms with van der Waals surface area (Å²) in [4.78, 5) is 22.1. The smallest absolute Gasteiger partial charge is 0.278 e. The van der Waals surface area contributed by atoms with Crippen molar-refractivity contribution in [1.82, 2.24) is 25.0 Å². The van der Waals surface area contributed by atoms with E-state index < -0.39 is 0 Å². The molecule has 7 nitrogen and oxygen atoms in total. The van der Waals surface area contributed by atoms with Gasteiger partial charge in [-0.2, -0.15) is 0 Å². The molecule has 0 atom stereocenters. The number of carbonyl (C=O) groups excluding carboxylic acids is 1. The highest BCUT2D eigenvalue weighted by Gasteiger charge is 2.22. The van der Waals surface area contributed by atoms with Gasteiger partial charge in [0.1, 0.15) is 0 Å². The molecule has 4 rings (SSSR count). The first kappa shape index (κ1) is 22.9. The number of hydrogen-bond donors (Lipinski definition) is 1. The van der Waals surface area contributed by atoms with E-state index in [9.17, 15) is 4.79 Å². The number of hydrogen-bond acceptors (Lipinski definition) is 6. The van der Waals surface area contributed by atoms with E-state index >= 15 is 0 Å². The number of benzene rings is 2. The van der Waals surface area contributed by atoms with Crippen molar-refractivity contribution in [3.8, 4) is 5.69 Å². The van der Waals surface area contributed by atoms with Crippen molar-refractivity contribution in [2.24, 2.45) is 0 Å². The molecule has 33 heavy (non-hydrogen) atoms. The van der Waals surface area contributed by atoms with E-state index in [2.05, 4.69) is 25.6 Å². The lowest BCUT2D eigenvalue weighted by molar-refractivity contribution is 0.102. The largest absolute Gasteiger partial charge is 0.320 e. The summed E-state index contributed by atoms with van der Waals surface area (Å²) in [6, 6.07) is 15.2. The maximum atomic E-state index is 13.1. The van der Waals surface area contributed by atoms with Crippen LogP contribution in [0.15, 0.2) is 53.7 Å². The van der Waals surface area contributed by atoms with Gasteiger partial charge in [-0.3, -0.25) is 4.79 Å². The van der Waals surface area contributed by atoms with Crippen molar-refractivity contribution in [3.63, 3.8) is 0 Å². The minimum atomic E-state index is -0.356. The molecule has 1 amide bonds. The highest BCUT2D eigenvalue weighted by atomic mass is 35.5. The zero-order chi connectivity index (χ0) is 23.5. The lowest BCUT2D eigenvalue weighted by Crippen LogP contribution is -2.15. The predicted molar refractivity (Wildman–Crippen MR) is 131 cm³/mol. The molecule has 0 radical (unpaired) electrons. The fourth-order valence-corrected chi connectivity index (χ4v) is 4.38. The quantitative estimate of drug-likeness (QED) is 0.291. The highest BCUT2D eigenvalue weighted by Crippen LogP contribution is 2.25. The molecule has 0 unspecified atom stereocenters. The van der Waals surface area contributed by atoms with Crippen LogP contribution < -0.4 is 5.32 Å². The number of carbonyl (C=O) groups is 1. The van der Waals surface area contributed by atoms with Gasteiger partial charge in [0.05, 0.1) is 11.4 Å². The summed E-state index contributed by atoms with van der Waals surface area (Å²) in [5.74, 6) is 0.0616. The van der Waals surface area contributed by atoms with E-state index in [1.165, 1.54) is 11.8 Å². The first-order valence-electron chi connectivity index (χ1n) is 10.3. The number of rotatable bonds is 6. The topological polar surface area (TPSA) is 85.6 Å². The van der Waals surface area contributed by atoms with Gasteiger partial charge in [0.15, 0.2) is 10.9 Å². The number of aryl methyl sites for hydroxylation is 4. The average Bonchev–Trinajstić information content (AvgIpc) is 3.19. The summed E-state index contributed by atoms with van der Waals surface area (Å²) < 4.78 is 1.69. The normalized spacial score (nSPS) is 10.9. The van der Waals surface area contributed by atoms with E-state index in [4.69, 9.17) is 11.6 Å². The molecule has 0 saturated heterocycles.